The molecule has 0 spiro atoms. The number of hydrogen-bond donors (Lipinski definition) is 0. The fourth-order valence-corrected chi connectivity index (χ4v) is 1.44. The Balaban J connectivity index is 2.60. The van der Waals surface area contributed by atoms with Crippen molar-refractivity contribution < 1.29 is 14.3 Å². The van der Waals surface area contributed by atoms with Crippen LogP contribution in [-0.4, -0.2) is 12.1 Å². The smallest absolute Gasteiger partial charge is 0.308 e. The summed E-state index contributed by atoms with van der Waals surface area (Å²) in [7, 11) is 0. The molecule has 0 saturated carbocycles. The molecule has 1 aromatic rings. The van der Waals surface area contributed by atoms with E-state index in [1.807, 2.05) is 0 Å². The van der Waals surface area contributed by atoms with E-state index in [4.69, 9.17) is 9.47 Å². The fourth-order valence-electron chi connectivity index (χ4n) is 1.44. The minimum absolute atomic E-state index is 0.0274. The van der Waals surface area contributed by atoms with Crippen molar-refractivity contribution in [2.45, 2.75) is 32.8 Å². The third kappa shape index (κ3) is 4.72. The molecule has 0 bridgehead atoms. The third-order valence-electron chi connectivity index (χ3n) is 2.21. The average Bonchev–Trinajstić information content (AvgIpc) is 2.30. The number of benzene rings is 1. The van der Waals surface area contributed by atoms with E-state index in [2.05, 4.69) is 13.5 Å². The van der Waals surface area contributed by atoms with Gasteiger partial charge in [-0.2, -0.15) is 0 Å². The van der Waals surface area contributed by atoms with Gasteiger partial charge in [0.25, 0.3) is 0 Å². The molecule has 0 aliphatic heterocycles. The van der Waals surface area contributed by atoms with E-state index < -0.39 is 0 Å². The van der Waals surface area contributed by atoms with E-state index in [1.165, 1.54) is 6.92 Å². The van der Waals surface area contributed by atoms with Crippen molar-refractivity contribution in [3.8, 4) is 11.5 Å². The number of esters is 1. The highest BCUT2D eigenvalue weighted by Crippen LogP contribution is 2.20. The summed E-state index contributed by atoms with van der Waals surface area (Å²) in [6.07, 6.45) is 3.81. The van der Waals surface area contributed by atoms with E-state index in [0.717, 1.165) is 18.6 Å². The Morgan fingerprint density at radius 2 is 1.94 bits per heavy atom. The van der Waals surface area contributed by atoms with Gasteiger partial charge in [0.05, 0.1) is 0 Å². The van der Waals surface area contributed by atoms with Gasteiger partial charge in [0.15, 0.2) is 0 Å². The van der Waals surface area contributed by atoms with Gasteiger partial charge < -0.3 is 9.47 Å². The van der Waals surface area contributed by atoms with Crippen LogP contribution in [-0.2, 0) is 4.79 Å². The maximum absolute atomic E-state index is 10.7. The normalized spacial score (nSPS) is 11.6. The average molecular weight is 234 g/mol. The molecule has 0 aliphatic rings. The molecule has 3 nitrogen and oxygen atoms in total. The first kappa shape index (κ1) is 13.3. The molecule has 92 valence electrons. The first-order valence-electron chi connectivity index (χ1n) is 5.73. The molecule has 0 N–H and O–H groups in total. The Hall–Kier alpha value is -1.77. The second kappa shape index (κ2) is 6.74. The topological polar surface area (TPSA) is 35.5 Å². The van der Waals surface area contributed by atoms with Crippen LogP contribution in [0.3, 0.4) is 0 Å². The first-order valence-corrected chi connectivity index (χ1v) is 5.73. The van der Waals surface area contributed by atoms with E-state index in [-0.39, 0.29) is 12.1 Å². The number of hydrogen-bond acceptors (Lipinski definition) is 3. The number of rotatable bonds is 6. The van der Waals surface area contributed by atoms with Gasteiger partial charge in [-0.05, 0) is 30.7 Å². The standard InChI is InChI=1S/C14H18O3/c1-4-6-12(5-2)17-14-9-7-13(8-10-14)16-11(3)15/h5,7-10,12H,2,4,6H2,1,3H3/t12-/m0/s1. The second-order valence-corrected chi connectivity index (χ2v) is 3.75. The highest BCUT2D eigenvalue weighted by molar-refractivity contribution is 5.69. The Bertz CT molecular complexity index is 368. The van der Waals surface area contributed by atoms with Crippen LogP contribution in [0, 0.1) is 0 Å². The molecule has 1 atom stereocenters. The van der Waals surface area contributed by atoms with Crippen molar-refractivity contribution in [2.75, 3.05) is 0 Å². The molecule has 0 radical (unpaired) electrons. The molecule has 0 amide bonds. The molecule has 3 heteroatoms. The number of ether oxygens (including phenoxy) is 2. The van der Waals surface area contributed by atoms with Crippen LogP contribution in [0.15, 0.2) is 36.9 Å². The van der Waals surface area contributed by atoms with Gasteiger partial charge >= 0.3 is 5.97 Å². The summed E-state index contributed by atoms with van der Waals surface area (Å²) in [6, 6.07) is 6.99. The van der Waals surface area contributed by atoms with Gasteiger partial charge in [-0.1, -0.05) is 26.0 Å². The lowest BCUT2D eigenvalue weighted by Gasteiger charge is -2.14. The van der Waals surface area contributed by atoms with Crippen LogP contribution in [0.2, 0.25) is 0 Å². The van der Waals surface area contributed by atoms with Crippen molar-refractivity contribution >= 4 is 5.97 Å². The zero-order valence-corrected chi connectivity index (χ0v) is 10.3. The molecule has 0 fully saturated rings. The van der Waals surface area contributed by atoms with Crippen molar-refractivity contribution in [3.63, 3.8) is 0 Å². The summed E-state index contributed by atoms with van der Waals surface area (Å²) in [4.78, 5) is 10.7. The van der Waals surface area contributed by atoms with E-state index in [1.54, 1.807) is 30.3 Å². The van der Waals surface area contributed by atoms with Crippen molar-refractivity contribution in [1.29, 1.82) is 0 Å². The first-order chi connectivity index (χ1) is 8.15. The van der Waals surface area contributed by atoms with Crippen LogP contribution in [0.5, 0.6) is 11.5 Å². The van der Waals surface area contributed by atoms with Crippen LogP contribution in [0.4, 0.5) is 0 Å². The minimum Gasteiger partial charge on any atom is -0.486 e. The van der Waals surface area contributed by atoms with E-state index in [9.17, 15) is 4.79 Å². The quantitative estimate of drug-likeness (QED) is 0.430. The second-order valence-electron chi connectivity index (χ2n) is 3.75. The Kier molecular flexibility index (Phi) is 5.27. The van der Waals surface area contributed by atoms with Crippen LogP contribution < -0.4 is 9.47 Å². The van der Waals surface area contributed by atoms with Gasteiger partial charge in [0.1, 0.15) is 17.6 Å². The molecule has 0 aromatic heterocycles. The monoisotopic (exact) mass is 234 g/mol. The Morgan fingerprint density at radius 1 is 1.35 bits per heavy atom. The largest absolute Gasteiger partial charge is 0.486 e. The summed E-state index contributed by atoms with van der Waals surface area (Å²) in [5.74, 6) is 0.948. The predicted molar refractivity (Wildman–Crippen MR) is 67.3 cm³/mol. The molecule has 0 saturated heterocycles. The van der Waals surface area contributed by atoms with Crippen LogP contribution in [0.1, 0.15) is 26.7 Å². The molecular weight excluding hydrogens is 216 g/mol. The Morgan fingerprint density at radius 3 is 2.41 bits per heavy atom. The SMILES string of the molecule is C=C[C@@H](CCC)Oc1ccc(OC(C)=O)cc1. The molecule has 0 aliphatic carbocycles. The lowest BCUT2D eigenvalue weighted by atomic mass is 10.2. The van der Waals surface area contributed by atoms with Crippen molar-refractivity contribution in [1.82, 2.24) is 0 Å². The maximum Gasteiger partial charge on any atom is 0.308 e. The lowest BCUT2D eigenvalue weighted by Crippen LogP contribution is -2.12. The van der Waals surface area contributed by atoms with Gasteiger partial charge in [-0.3, -0.25) is 4.79 Å². The van der Waals surface area contributed by atoms with Gasteiger partial charge in [-0.25, -0.2) is 0 Å². The van der Waals surface area contributed by atoms with E-state index >= 15 is 0 Å². The summed E-state index contributed by atoms with van der Waals surface area (Å²) >= 11 is 0. The highest BCUT2D eigenvalue weighted by Gasteiger charge is 2.05. The zero-order valence-electron chi connectivity index (χ0n) is 10.3. The third-order valence-corrected chi connectivity index (χ3v) is 2.21. The van der Waals surface area contributed by atoms with Gasteiger partial charge in [0.2, 0.25) is 0 Å². The van der Waals surface area contributed by atoms with Gasteiger partial charge in [-0.15, -0.1) is 0 Å². The zero-order chi connectivity index (χ0) is 12.7. The molecule has 1 aromatic carbocycles. The summed E-state index contributed by atoms with van der Waals surface area (Å²) in [6.45, 7) is 7.21. The van der Waals surface area contributed by atoms with Gasteiger partial charge in [0, 0.05) is 6.92 Å². The molecule has 1 rings (SSSR count). The molecule has 0 unspecified atom stereocenters. The molecular formula is C14H18O3. The highest BCUT2D eigenvalue weighted by atomic mass is 16.5. The maximum atomic E-state index is 10.7. The Labute approximate surface area is 102 Å². The van der Waals surface area contributed by atoms with Crippen LogP contribution >= 0.6 is 0 Å². The minimum atomic E-state index is -0.325. The van der Waals surface area contributed by atoms with Crippen molar-refractivity contribution in [2.24, 2.45) is 0 Å². The predicted octanol–water partition coefficient (Wildman–Crippen LogP) is 3.35. The van der Waals surface area contributed by atoms with E-state index in [0.29, 0.717) is 5.75 Å². The van der Waals surface area contributed by atoms with Crippen molar-refractivity contribution in [3.05, 3.63) is 36.9 Å². The summed E-state index contributed by atoms with van der Waals surface area (Å²) in [5.41, 5.74) is 0. The number of carbonyl (C=O) groups excluding carboxylic acids is 1. The lowest BCUT2D eigenvalue weighted by molar-refractivity contribution is -0.131. The number of carbonyl (C=O) groups is 1. The van der Waals surface area contributed by atoms with Crippen LogP contribution in [0.25, 0.3) is 0 Å². The summed E-state index contributed by atoms with van der Waals surface area (Å²) < 4.78 is 10.6. The molecule has 17 heavy (non-hydrogen) atoms. The molecule has 0 heterocycles. The fraction of sp³-hybridized carbons (Fsp3) is 0.357. The summed E-state index contributed by atoms with van der Waals surface area (Å²) in [5, 5.41) is 0.